The average molecular weight is 1360 g/mol. The molecule has 510 valence electrons. The van der Waals surface area contributed by atoms with E-state index in [1.54, 1.807) is 32.9 Å². The number of benzene rings is 1. The standard InChI is InChI=1S/C18H26O7S.C17H24O7S.C15H22O7S.C10H12O6S/c1-11(2)15(19)25-17(3)14-7-12-6-13(8-14)10-18(17,9-12)16(20)24-4-5-26(21,22)23;1-11(2)14(18)24-17-8-12-5-13(9-17)7-16(6-12,10-17)15(19)23-3-4-25(20,21)22;1-10(16)22-15-7-11-4-12(8-15)6-14(5-11,9-15)13(17)21-2-3-23(18,19)20;1-15-9-4-2-8(3-5-9)10(11)16-6-7-17(12,13)14/h12-14H,1,4-10H2,2-3H3,(H,21,22,23);12-13H,1,3-10H2,2H3,(H,20,21,22);11-12H,2-9H2,1H3,(H,18,19,20);2-5H,6-7H2,1H3,(H,12,13,14)/p-4. The molecule has 1 aromatic rings. The van der Waals surface area contributed by atoms with E-state index in [0.29, 0.717) is 86.4 Å². The van der Waals surface area contributed by atoms with Crippen LogP contribution in [0.25, 0.3) is 0 Å². The van der Waals surface area contributed by atoms with Gasteiger partial charge in [0.25, 0.3) is 0 Å². The molecule has 7 unspecified atom stereocenters. The zero-order chi connectivity index (χ0) is 67.6. The van der Waals surface area contributed by atoms with Crippen molar-refractivity contribution in [1.29, 1.82) is 0 Å². The van der Waals surface area contributed by atoms with Crippen molar-refractivity contribution >= 4 is 82.3 Å². The van der Waals surface area contributed by atoms with Crippen LogP contribution in [0.2, 0.25) is 0 Å². The average Bonchev–Trinajstić information content (AvgIpc) is 0.715. The monoisotopic (exact) mass is 1360 g/mol. The molecule has 0 N–H and O–H groups in total. The fourth-order valence-corrected chi connectivity index (χ4v) is 18.1. The number of hydrogen-bond donors (Lipinski definition) is 0. The van der Waals surface area contributed by atoms with Gasteiger partial charge in [-0.2, -0.15) is 0 Å². The molecule has 0 spiro atoms. The van der Waals surface area contributed by atoms with Crippen molar-refractivity contribution in [1.82, 2.24) is 0 Å². The molecule has 0 saturated heterocycles. The predicted octanol–water partition coefficient (Wildman–Crippen LogP) is 4.69. The first-order valence-corrected chi connectivity index (χ1v) is 36.4. The first kappa shape index (κ1) is 72.8. The van der Waals surface area contributed by atoms with E-state index in [4.69, 9.17) is 33.2 Å². The number of carbonyl (C=O) groups is 7. The third-order valence-electron chi connectivity index (χ3n) is 19.4. The Bertz CT molecular complexity index is 3410. The van der Waals surface area contributed by atoms with E-state index in [2.05, 4.69) is 17.9 Å². The number of carbonyl (C=O) groups excluding carboxylic acids is 7. The number of rotatable bonds is 22. The third kappa shape index (κ3) is 18.4. The summed E-state index contributed by atoms with van der Waals surface area (Å²) in [7, 11) is -16.1. The lowest BCUT2D eigenvalue weighted by Gasteiger charge is -2.63. The molecule has 12 saturated carbocycles. The maximum absolute atomic E-state index is 13.0. The van der Waals surface area contributed by atoms with Crippen molar-refractivity contribution in [2.75, 3.05) is 56.5 Å². The summed E-state index contributed by atoms with van der Waals surface area (Å²) in [6.07, 6.45) is 12.6. The first-order valence-electron chi connectivity index (χ1n) is 30.1. The molecule has 13 rings (SSSR count). The van der Waals surface area contributed by atoms with Crippen LogP contribution in [0.4, 0.5) is 0 Å². The SMILES string of the molecule is C=C(C)C(=O)OC1(C)C2CC3CC(C2)CC1(C(=O)OCCS(=O)(=O)[O-])C3.C=C(C)C(=O)OC12CC3CC(C1)CC(C(=O)OCCS(=O)(=O)[O-])(C3)C2.CC(=O)OC12CC3CC(C1)CC(C(=O)OCCS(=O)(=O)[O-])(C3)C2.COc1ccc(C(=O)OCCS(=O)(=O)[O-])cc1. The quantitative estimate of drug-likeness (QED) is 0.0657. The summed E-state index contributed by atoms with van der Waals surface area (Å²) < 4.78 is 169. The van der Waals surface area contributed by atoms with E-state index >= 15 is 0 Å². The highest BCUT2D eigenvalue weighted by molar-refractivity contribution is 7.86. The second-order valence-electron chi connectivity index (χ2n) is 26.8. The second kappa shape index (κ2) is 27.8. The van der Waals surface area contributed by atoms with Gasteiger partial charge in [0.1, 0.15) is 54.4 Å². The maximum Gasteiger partial charge on any atom is 0.338 e. The Labute approximate surface area is 530 Å². The minimum atomic E-state index is -4.46. The molecule has 1 aromatic carbocycles. The van der Waals surface area contributed by atoms with Crippen LogP contribution in [-0.2, 0) is 102 Å². The molecule has 7 atom stereocenters. The van der Waals surface area contributed by atoms with Crippen LogP contribution >= 0.6 is 0 Å². The Balaban J connectivity index is 0.000000174. The molecular formula is C60H80O27S4-4. The molecule has 12 aliphatic carbocycles. The van der Waals surface area contributed by atoms with Crippen LogP contribution in [0.15, 0.2) is 48.6 Å². The Kier molecular flexibility index (Phi) is 22.2. The molecule has 12 fully saturated rings. The lowest BCUT2D eigenvalue weighted by molar-refractivity contribution is -0.243. The van der Waals surface area contributed by atoms with E-state index in [0.717, 1.165) is 57.8 Å². The lowest BCUT2D eigenvalue weighted by Crippen LogP contribution is -2.68. The molecule has 0 heterocycles. The Morgan fingerprint density at radius 2 is 0.824 bits per heavy atom. The molecule has 12 bridgehead atoms. The van der Waals surface area contributed by atoms with Gasteiger partial charge in [-0.1, -0.05) is 13.2 Å². The van der Waals surface area contributed by atoms with Gasteiger partial charge in [0, 0.05) is 36.8 Å². The predicted molar refractivity (Wildman–Crippen MR) is 312 cm³/mol. The number of ether oxygens (including phenoxy) is 8. The highest BCUT2D eigenvalue weighted by atomic mass is 32.2. The molecular weight excluding hydrogens is 1280 g/mol. The van der Waals surface area contributed by atoms with Gasteiger partial charge >= 0.3 is 41.8 Å². The first-order chi connectivity index (χ1) is 42.0. The highest BCUT2D eigenvalue weighted by Gasteiger charge is 2.70. The summed E-state index contributed by atoms with van der Waals surface area (Å²) in [5, 5.41) is 0. The summed E-state index contributed by atoms with van der Waals surface area (Å²) in [5.41, 5.74) is -3.84. The van der Waals surface area contributed by atoms with E-state index in [1.807, 2.05) is 0 Å². The number of hydrogen-bond acceptors (Lipinski definition) is 27. The van der Waals surface area contributed by atoms with Crippen molar-refractivity contribution in [2.45, 2.75) is 154 Å². The fraction of sp³-hybridized carbons (Fsp3) is 0.717. The van der Waals surface area contributed by atoms with Gasteiger partial charge in [-0.25, -0.2) is 48.1 Å². The van der Waals surface area contributed by atoms with Crippen LogP contribution in [0.3, 0.4) is 0 Å². The molecule has 91 heavy (non-hydrogen) atoms. The Morgan fingerprint density at radius 1 is 0.473 bits per heavy atom. The van der Waals surface area contributed by atoms with Gasteiger partial charge < -0.3 is 56.1 Å². The number of esters is 7. The van der Waals surface area contributed by atoms with E-state index in [9.17, 15) is 85.4 Å². The summed E-state index contributed by atoms with van der Waals surface area (Å²) in [6.45, 7) is 11.8. The van der Waals surface area contributed by atoms with Crippen LogP contribution in [-0.4, -0.2) is 167 Å². The Morgan fingerprint density at radius 3 is 1.19 bits per heavy atom. The minimum Gasteiger partial charge on any atom is -0.748 e. The highest BCUT2D eigenvalue weighted by Crippen LogP contribution is 2.67. The van der Waals surface area contributed by atoms with E-state index in [-0.39, 0.29) is 34.9 Å². The van der Waals surface area contributed by atoms with Gasteiger partial charge in [0.05, 0.1) is 87.0 Å². The smallest absolute Gasteiger partial charge is 0.338 e. The zero-order valence-corrected chi connectivity index (χ0v) is 54.9. The molecule has 0 aromatic heterocycles. The topological polar surface area (TPSA) is 422 Å². The zero-order valence-electron chi connectivity index (χ0n) is 51.6. The van der Waals surface area contributed by atoms with Gasteiger partial charge in [-0.05, 0) is 177 Å². The normalized spacial score (nSPS) is 32.5. The van der Waals surface area contributed by atoms with Crippen LogP contribution in [0, 0.1) is 57.7 Å². The van der Waals surface area contributed by atoms with E-state index in [1.165, 1.54) is 26.2 Å². The van der Waals surface area contributed by atoms with Crippen molar-refractivity contribution in [3.05, 3.63) is 54.1 Å². The third-order valence-corrected chi connectivity index (χ3v) is 22.1. The summed E-state index contributed by atoms with van der Waals surface area (Å²) in [6, 6.07) is 6.10. The van der Waals surface area contributed by atoms with Gasteiger partial charge in [0.2, 0.25) is 0 Å². The minimum absolute atomic E-state index is 0.0628. The summed E-state index contributed by atoms with van der Waals surface area (Å²) >= 11 is 0. The van der Waals surface area contributed by atoms with Crippen molar-refractivity contribution in [3.63, 3.8) is 0 Å². The van der Waals surface area contributed by atoms with Crippen molar-refractivity contribution < 1.29 is 123 Å². The van der Waals surface area contributed by atoms with Gasteiger partial charge in [0.15, 0.2) is 0 Å². The molecule has 0 aliphatic heterocycles. The van der Waals surface area contributed by atoms with Crippen molar-refractivity contribution in [2.24, 2.45) is 57.7 Å². The van der Waals surface area contributed by atoms with Gasteiger partial charge in [-0.3, -0.25) is 19.2 Å². The summed E-state index contributed by atoms with van der Waals surface area (Å²) in [4.78, 5) is 85.4. The van der Waals surface area contributed by atoms with E-state index < -0.39 is 159 Å². The van der Waals surface area contributed by atoms with Crippen molar-refractivity contribution in [3.8, 4) is 5.75 Å². The largest absolute Gasteiger partial charge is 0.748 e. The molecule has 27 nitrogen and oxygen atoms in total. The molecule has 0 radical (unpaired) electrons. The van der Waals surface area contributed by atoms with Crippen LogP contribution < -0.4 is 4.74 Å². The fourth-order valence-electron chi connectivity index (χ4n) is 16.9. The lowest BCUT2D eigenvalue weighted by atomic mass is 9.43. The molecule has 12 aliphatic rings. The van der Waals surface area contributed by atoms with Crippen LogP contribution in [0.5, 0.6) is 5.75 Å². The molecule has 0 amide bonds. The number of methoxy groups -OCH3 is 1. The second-order valence-corrected chi connectivity index (χ2v) is 32.9. The van der Waals surface area contributed by atoms with Gasteiger partial charge in [-0.15, -0.1) is 0 Å². The molecule has 31 heteroatoms. The Hall–Kier alpha value is -5.57. The summed E-state index contributed by atoms with van der Waals surface area (Å²) in [5.74, 6) is -3.78. The van der Waals surface area contributed by atoms with Crippen LogP contribution in [0.1, 0.15) is 147 Å². The maximum atomic E-state index is 13.0.